The molecule has 0 saturated heterocycles. The van der Waals surface area contributed by atoms with Crippen LogP contribution in [0.15, 0.2) is 54.7 Å². The molecule has 226 valence electrons. The second kappa shape index (κ2) is 16.0. The lowest BCUT2D eigenvalue weighted by molar-refractivity contribution is -0.139. The minimum Gasteiger partial charge on any atom is -0.481 e. The van der Waals surface area contributed by atoms with Crippen LogP contribution in [0.3, 0.4) is 0 Å². The number of nitrogens with one attached hydrogen (secondary N) is 1. The Bertz CT molecular complexity index is 1390. The maximum atomic E-state index is 14.0. The lowest BCUT2D eigenvalue weighted by atomic mass is 10.0. The zero-order valence-corrected chi connectivity index (χ0v) is 25.1. The molecule has 1 heterocycles. The quantitative estimate of drug-likeness (QED) is 0.193. The van der Waals surface area contributed by atoms with E-state index >= 15 is 0 Å². The second-order valence-corrected chi connectivity index (χ2v) is 11.0. The molecule has 10 heteroatoms. The van der Waals surface area contributed by atoms with E-state index in [2.05, 4.69) is 5.32 Å². The molecule has 42 heavy (non-hydrogen) atoms. The smallest absolute Gasteiger partial charge is 0.303 e. The van der Waals surface area contributed by atoms with Gasteiger partial charge in [0.2, 0.25) is 11.8 Å². The number of aromatic nitrogens is 1. The van der Waals surface area contributed by atoms with Crippen LogP contribution in [0.25, 0.3) is 10.9 Å². The molecule has 1 aromatic heterocycles. The fraction of sp³-hybridized carbons (Fsp3) is 0.438. The molecular formula is C32H41ClN4O5. The summed E-state index contributed by atoms with van der Waals surface area (Å²) in [6.45, 7) is 4.81. The van der Waals surface area contributed by atoms with Gasteiger partial charge in [0.25, 0.3) is 5.91 Å². The third kappa shape index (κ3) is 8.82. The number of rotatable bonds is 17. The standard InChI is InChI=1S/C32H41ClN4O5/c1-3-5-12-23(19-29(34)38)37(18-4-2)32(42)27(15-10-17-30(39)40)35-31(41)25-21-36(28-16-9-7-13-24(25)28)20-22-11-6-8-14-26(22)33/h6-9,11,13-14,16,21,23,27H,3-5,10,12,15,17-20H2,1-2H3,(H2,34,38)(H,35,41)(H,39,40). The summed E-state index contributed by atoms with van der Waals surface area (Å²) in [7, 11) is 0. The molecule has 0 saturated carbocycles. The number of unbranched alkanes of at least 4 members (excludes halogenated alkanes) is 1. The lowest BCUT2D eigenvalue weighted by Gasteiger charge is -2.34. The maximum Gasteiger partial charge on any atom is 0.303 e. The Morgan fingerprint density at radius 3 is 2.38 bits per heavy atom. The number of carbonyl (C=O) groups is 4. The Morgan fingerprint density at radius 1 is 1.00 bits per heavy atom. The van der Waals surface area contributed by atoms with Crippen molar-refractivity contribution in [2.24, 2.45) is 5.73 Å². The molecule has 0 spiro atoms. The van der Waals surface area contributed by atoms with Crippen molar-refractivity contribution in [2.75, 3.05) is 6.54 Å². The number of nitrogens with two attached hydrogens (primary N) is 1. The fourth-order valence-corrected chi connectivity index (χ4v) is 5.47. The molecule has 0 fully saturated rings. The molecule has 3 amide bonds. The third-order valence-corrected chi connectivity index (χ3v) is 7.70. The van der Waals surface area contributed by atoms with E-state index in [1.807, 2.05) is 66.9 Å². The van der Waals surface area contributed by atoms with Crippen molar-refractivity contribution in [3.8, 4) is 0 Å². The van der Waals surface area contributed by atoms with Gasteiger partial charge in [-0.1, -0.05) is 74.7 Å². The van der Waals surface area contributed by atoms with Gasteiger partial charge in [-0.2, -0.15) is 0 Å². The minimum absolute atomic E-state index is 0.0249. The Hall–Kier alpha value is -3.85. The van der Waals surface area contributed by atoms with Crippen LogP contribution < -0.4 is 11.1 Å². The van der Waals surface area contributed by atoms with Crippen molar-refractivity contribution < 1.29 is 24.3 Å². The summed E-state index contributed by atoms with van der Waals surface area (Å²) < 4.78 is 1.95. The molecule has 0 radical (unpaired) electrons. The molecule has 3 rings (SSSR count). The predicted octanol–water partition coefficient (Wildman–Crippen LogP) is 5.37. The molecule has 0 aliphatic rings. The number of primary amides is 1. The zero-order valence-electron chi connectivity index (χ0n) is 24.4. The number of halogens is 1. The molecule has 3 aromatic rings. The predicted molar refractivity (Wildman–Crippen MR) is 164 cm³/mol. The monoisotopic (exact) mass is 596 g/mol. The summed E-state index contributed by atoms with van der Waals surface area (Å²) in [6.07, 6.45) is 4.95. The van der Waals surface area contributed by atoms with E-state index in [0.29, 0.717) is 36.5 Å². The summed E-state index contributed by atoms with van der Waals surface area (Å²) in [4.78, 5) is 52.6. The van der Waals surface area contributed by atoms with Gasteiger partial charge in [-0.25, -0.2) is 0 Å². The first-order chi connectivity index (χ1) is 20.2. The van der Waals surface area contributed by atoms with Crippen molar-refractivity contribution in [1.82, 2.24) is 14.8 Å². The number of hydrogen-bond donors (Lipinski definition) is 3. The highest BCUT2D eigenvalue weighted by atomic mass is 35.5. The number of para-hydroxylation sites is 1. The lowest BCUT2D eigenvalue weighted by Crippen LogP contribution is -2.53. The number of benzene rings is 2. The van der Waals surface area contributed by atoms with E-state index < -0.39 is 29.9 Å². The highest BCUT2D eigenvalue weighted by molar-refractivity contribution is 6.31. The largest absolute Gasteiger partial charge is 0.481 e. The maximum absolute atomic E-state index is 14.0. The van der Waals surface area contributed by atoms with Gasteiger partial charge in [-0.3, -0.25) is 19.2 Å². The number of carbonyl (C=O) groups excluding carboxylic acids is 3. The van der Waals surface area contributed by atoms with E-state index in [4.69, 9.17) is 17.3 Å². The van der Waals surface area contributed by atoms with Crippen LogP contribution >= 0.6 is 11.6 Å². The number of fused-ring (bicyclic) bond motifs is 1. The average molecular weight is 597 g/mol. The van der Waals surface area contributed by atoms with Gasteiger partial charge in [0.15, 0.2) is 0 Å². The topological polar surface area (TPSA) is 135 Å². The molecule has 2 atom stereocenters. The molecule has 2 unspecified atom stereocenters. The van der Waals surface area contributed by atoms with Crippen molar-refractivity contribution in [3.05, 3.63) is 70.9 Å². The number of carboxylic acid groups (broad SMARTS) is 1. The summed E-state index contributed by atoms with van der Waals surface area (Å²) >= 11 is 6.41. The number of amides is 3. The highest BCUT2D eigenvalue weighted by Gasteiger charge is 2.31. The average Bonchev–Trinajstić information content (AvgIpc) is 3.32. The zero-order chi connectivity index (χ0) is 30.6. The van der Waals surface area contributed by atoms with Crippen molar-refractivity contribution in [2.45, 2.75) is 83.8 Å². The van der Waals surface area contributed by atoms with Crippen LogP contribution in [0, 0.1) is 0 Å². The number of aliphatic carboxylic acids is 1. The van der Waals surface area contributed by atoms with Crippen LogP contribution in [-0.4, -0.2) is 56.9 Å². The van der Waals surface area contributed by atoms with E-state index in [0.717, 1.165) is 29.3 Å². The van der Waals surface area contributed by atoms with Crippen LogP contribution in [0.4, 0.5) is 0 Å². The van der Waals surface area contributed by atoms with Gasteiger partial charge in [-0.15, -0.1) is 0 Å². The summed E-state index contributed by atoms with van der Waals surface area (Å²) in [5.74, 6) is -2.25. The molecule has 9 nitrogen and oxygen atoms in total. The molecule has 4 N–H and O–H groups in total. The van der Waals surface area contributed by atoms with Crippen molar-refractivity contribution in [1.29, 1.82) is 0 Å². The summed E-state index contributed by atoms with van der Waals surface area (Å²) in [6, 6.07) is 13.7. The minimum atomic E-state index is -0.977. The van der Waals surface area contributed by atoms with Crippen LogP contribution in [-0.2, 0) is 20.9 Å². The van der Waals surface area contributed by atoms with Crippen molar-refractivity contribution in [3.63, 3.8) is 0 Å². The fourth-order valence-electron chi connectivity index (χ4n) is 5.27. The first kappa shape index (κ1) is 32.7. The highest BCUT2D eigenvalue weighted by Crippen LogP contribution is 2.25. The SMILES string of the molecule is CCCCC(CC(N)=O)N(CCC)C(=O)C(CCCC(=O)O)NC(=O)c1cn(Cc2ccccc2Cl)c2ccccc12. The van der Waals surface area contributed by atoms with Gasteiger partial charge >= 0.3 is 5.97 Å². The van der Waals surface area contributed by atoms with Crippen LogP contribution in [0.5, 0.6) is 0 Å². The van der Waals surface area contributed by atoms with Crippen molar-refractivity contribution >= 4 is 46.2 Å². The third-order valence-electron chi connectivity index (χ3n) is 7.33. The Kier molecular flexibility index (Phi) is 12.4. The number of carboxylic acids is 1. The first-order valence-corrected chi connectivity index (χ1v) is 15.0. The van der Waals surface area contributed by atoms with Gasteiger partial charge in [-0.05, 0) is 43.4 Å². The van der Waals surface area contributed by atoms with E-state index in [1.54, 1.807) is 11.1 Å². The normalized spacial score (nSPS) is 12.5. The summed E-state index contributed by atoms with van der Waals surface area (Å²) in [5, 5.41) is 13.5. The Morgan fingerprint density at radius 2 is 1.71 bits per heavy atom. The second-order valence-electron chi connectivity index (χ2n) is 10.6. The van der Waals surface area contributed by atoms with Gasteiger partial charge in [0.1, 0.15) is 6.04 Å². The van der Waals surface area contributed by atoms with Gasteiger partial charge in [0.05, 0.1) is 5.56 Å². The Balaban J connectivity index is 1.94. The van der Waals surface area contributed by atoms with E-state index in [1.165, 1.54) is 0 Å². The molecule has 0 bridgehead atoms. The number of nitrogens with zero attached hydrogens (tertiary/aromatic N) is 2. The van der Waals surface area contributed by atoms with Crippen LogP contribution in [0.2, 0.25) is 5.02 Å². The van der Waals surface area contributed by atoms with Crippen LogP contribution in [0.1, 0.15) is 81.1 Å². The molecule has 0 aliphatic heterocycles. The molecular weight excluding hydrogens is 556 g/mol. The molecule has 2 aromatic carbocycles. The van der Waals surface area contributed by atoms with Gasteiger partial charge in [0, 0.05) is 54.1 Å². The van der Waals surface area contributed by atoms with E-state index in [-0.39, 0.29) is 31.6 Å². The first-order valence-electron chi connectivity index (χ1n) is 14.6. The number of hydrogen-bond acceptors (Lipinski definition) is 4. The van der Waals surface area contributed by atoms with E-state index in [9.17, 15) is 24.3 Å². The molecule has 0 aliphatic carbocycles. The van der Waals surface area contributed by atoms with Gasteiger partial charge < -0.3 is 25.6 Å². The summed E-state index contributed by atoms with van der Waals surface area (Å²) in [5.41, 5.74) is 7.68. The Labute approximate surface area is 252 Å².